The molecular weight excluding hydrogens is 274 g/mol. The second kappa shape index (κ2) is 5.23. The molecule has 0 aliphatic carbocycles. The number of rotatable bonds is 3. The van der Waals surface area contributed by atoms with Crippen molar-refractivity contribution in [2.75, 3.05) is 5.32 Å². The van der Waals surface area contributed by atoms with E-state index in [4.69, 9.17) is 11.6 Å². The van der Waals surface area contributed by atoms with E-state index in [0.717, 1.165) is 16.8 Å². The van der Waals surface area contributed by atoms with Gasteiger partial charge in [-0.05, 0) is 36.8 Å². The summed E-state index contributed by atoms with van der Waals surface area (Å²) in [6.45, 7) is 2.01. The number of carbonyl (C=O) groups is 1. The topological polar surface area (TPSA) is 54.0 Å². The number of aromatic nitrogens is 1. The molecule has 0 bridgehead atoms. The number of nitrogens with one attached hydrogen (secondary N) is 2. The summed E-state index contributed by atoms with van der Waals surface area (Å²) >= 11 is 6.01. The summed E-state index contributed by atoms with van der Waals surface area (Å²) in [5.41, 5.74) is 2.74. The first-order chi connectivity index (χ1) is 9.65. The predicted molar refractivity (Wildman–Crippen MR) is 78.6 cm³/mol. The Morgan fingerprint density at radius 1 is 1.40 bits per heavy atom. The van der Waals surface area contributed by atoms with Gasteiger partial charge in [-0.15, -0.1) is 0 Å². The molecule has 0 fully saturated rings. The number of hydrogen-bond acceptors (Lipinski definition) is 3. The summed E-state index contributed by atoms with van der Waals surface area (Å²) in [6, 6.07) is 8.91. The molecule has 102 valence electrons. The summed E-state index contributed by atoms with van der Waals surface area (Å²) in [4.78, 5) is 16.2. The zero-order valence-electron chi connectivity index (χ0n) is 10.9. The number of fused-ring (bicyclic) bond motifs is 1. The van der Waals surface area contributed by atoms with E-state index in [0.29, 0.717) is 5.02 Å². The summed E-state index contributed by atoms with van der Waals surface area (Å²) in [5, 5.41) is 6.80. The molecule has 20 heavy (non-hydrogen) atoms. The minimum atomic E-state index is -0.390. The zero-order valence-corrected chi connectivity index (χ0v) is 11.7. The molecule has 2 atom stereocenters. The fraction of sp³-hybridized carbons (Fsp3) is 0.200. The first kappa shape index (κ1) is 13.1. The second-order valence-electron chi connectivity index (χ2n) is 4.83. The van der Waals surface area contributed by atoms with Crippen LogP contribution in [0.3, 0.4) is 0 Å². The lowest BCUT2D eigenvalue weighted by atomic mass is 10.1. The molecule has 2 unspecified atom stereocenters. The maximum atomic E-state index is 12.1. The van der Waals surface area contributed by atoms with Gasteiger partial charge in [0.05, 0.1) is 0 Å². The highest BCUT2D eigenvalue weighted by atomic mass is 35.5. The fourth-order valence-electron chi connectivity index (χ4n) is 2.38. The second-order valence-corrected chi connectivity index (χ2v) is 5.26. The number of hydrogen-bond donors (Lipinski definition) is 2. The van der Waals surface area contributed by atoms with Crippen molar-refractivity contribution in [2.45, 2.75) is 19.0 Å². The minimum Gasteiger partial charge on any atom is -0.324 e. The molecule has 2 heterocycles. The summed E-state index contributed by atoms with van der Waals surface area (Å²) in [7, 11) is 0. The van der Waals surface area contributed by atoms with Crippen LogP contribution in [0.5, 0.6) is 0 Å². The van der Waals surface area contributed by atoms with Crippen molar-refractivity contribution in [1.82, 2.24) is 10.3 Å². The quantitative estimate of drug-likeness (QED) is 0.912. The fourth-order valence-corrected chi connectivity index (χ4v) is 2.56. The number of nitrogens with zero attached hydrogens (tertiary/aromatic N) is 1. The van der Waals surface area contributed by atoms with Gasteiger partial charge < -0.3 is 5.32 Å². The Hall–Kier alpha value is -1.91. The molecule has 1 aromatic heterocycles. The first-order valence-electron chi connectivity index (χ1n) is 6.41. The van der Waals surface area contributed by atoms with Gasteiger partial charge in [0, 0.05) is 34.7 Å². The lowest BCUT2D eigenvalue weighted by Crippen LogP contribution is -2.29. The van der Waals surface area contributed by atoms with Gasteiger partial charge in [-0.2, -0.15) is 0 Å². The molecular formula is C15H14ClN3O. The molecule has 1 amide bonds. The van der Waals surface area contributed by atoms with Crippen molar-refractivity contribution in [3.63, 3.8) is 0 Å². The van der Waals surface area contributed by atoms with E-state index in [-0.39, 0.29) is 18.0 Å². The van der Waals surface area contributed by atoms with Crippen LogP contribution in [0, 0.1) is 0 Å². The van der Waals surface area contributed by atoms with Gasteiger partial charge in [0.15, 0.2) is 0 Å². The van der Waals surface area contributed by atoms with Crippen molar-refractivity contribution in [2.24, 2.45) is 0 Å². The van der Waals surface area contributed by atoms with E-state index in [1.165, 1.54) is 0 Å². The highest BCUT2D eigenvalue weighted by Gasteiger charge is 2.31. The Labute approximate surface area is 122 Å². The van der Waals surface area contributed by atoms with Crippen molar-refractivity contribution in [1.29, 1.82) is 0 Å². The number of halogens is 1. The van der Waals surface area contributed by atoms with Gasteiger partial charge in [0.2, 0.25) is 5.91 Å². The van der Waals surface area contributed by atoms with Crippen LogP contribution in [0.2, 0.25) is 5.02 Å². The lowest BCUT2D eigenvalue weighted by Gasteiger charge is -2.18. The smallest absolute Gasteiger partial charge is 0.246 e. The Kier molecular flexibility index (Phi) is 3.42. The average Bonchev–Trinajstić information content (AvgIpc) is 2.76. The Balaban J connectivity index is 1.85. The number of carbonyl (C=O) groups excluding carboxylic acids is 1. The van der Waals surface area contributed by atoms with Crippen LogP contribution in [0.25, 0.3) is 0 Å². The van der Waals surface area contributed by atoms with Crippen molar-refractivity contribution >= 4 is 23.2 Å². The van der Waals surface area contributed by atoms with E-state index in [1.54, 1.807) is 18.5 Å². The number of benzene rings is 1. The van der Waals surface area contributed by atoms with Crippen LogP contribution in [-0.4, -0.2) is 10.9 Å². The van der Waals surface area contributed by atoms with Crippen LogP contribution in [0.4, 0.5) is 5.69 Å². The highest BCUT2D eigenvalue weighted by molar-refractivity contribution is 6.31. The number of anilines is 1. The van der Waals surface area contributed by atoms with E-state index in [2.05, 4.69) is 15.6 Å². The minimum absolute atomic E-state index is 0.0179. The van der Waals surface area contributed by atoms with Gasteiger partial charge in [-0.1, -0.05) is 17.7 Å². The van der Waals surface area contributed by atoms with Crippen LogP contribution in [0.1, 0.15) is 30.1 Å². The van der Waals surface area contributed by atoms with E-state index < -0.39 is 0 Å². The van der Waals surface area contributed by atoms with Crippen LogP contribution in [0.15, 0.2) is 42.7 Å². The van der Waals surface area contributed by atoms with Gasteiger partial charge in [0.25, 0.3) is 0 Å². The molecule has 0 saturated heterocycles. The van der Waals surface area contributed by atoms with Crippen molar-refractivity contribution in [3.05, 3.63) is 58.9 Å². The van der Waals surface area contributed by atoms with Crippen LogP contribution >= 0.6 is 11.6 Å². The third kappa shape index (κ3) is 2.40. The van der Waals surface area contributed by atoms with Gasteiger partial charge in [-0.3, -0.25) is 15.1 Å². The Morgan fingerprint density at radius 2 is 2.25 bits per heavy atom. The van der Waals surface area contributed by atoms with E-state index in [1.807, 2.05) is 31.2 Å². The summed E-state index contributed by atoms with van der Waals surface area (Å²) in [6.07, 6.45) is 3.52. The molecule has 2 N–H and O–H groups in total. The molecule has 1 aromatic carbocycles. The molecule has 5 heteroatoms. The Bertz CT molecular complexity index is 645. The largest absolute Gasteiger partial charge is 0.324 e. The molecule has 0 radical (unpaired) electrons. The molecule has 1 aliphatic heterocycles. The van der Waals surface area contributed by atoms with Gasteiger partial charge in [0.1, 0.15) is 6.04 Å². The Morgan fingerprint density at radius 3 is 3.00 bits per heavy atom. The lowest BCUT2D eigenvalue weighted by molar-refractivity contribution is -0.117. The monoisotopic (exact) mass is 287 g/mol. The molecule has 2 aromatic rings. The third-order valence-corrected chi connectivity index (χ3v) is 3.68. The predicted octanol–water partition coefficient (Wildman–Crippen LogP) is 3.08. The van der Waals surface area contributed by atoms with Gasteiger partial charge in [-0.25, -0.2) is 0 Å². The van der Waals surface area contributed by atoms with Crippen LogP contribution < -0.4 is 10.6 Å². The molecule has 1 aliphatic rings. The molecule has 0 spiro atoms. The van der Waals surface area contributed by atoms with Gasteiger partial charge >= 0.3 is 0 Å². The summed E-state index contributed by atoms with van der Waals surface area (Å²) in [5.74, 6) is -0.0574. The van der Waals surface area contributed by atoms with Crippen LogP contribution in [-0.2, 0) is 4.79 Å². The normalized spacial score (nSPS) is 18.5. The molecule has 0 saturated carbocycles. The molecule has 4 nitrogen and oxygen atoms in total. The van der Waals surface area contributed by atoms with Crippen molar-refractivity contribution in [3.8, 4) is 0 Å². The third-order valence-electron chi connectivity index (χ3n) is 3.45. The maximum absolute atomic E-state index is 12.1. The highest BCUT2D eigenvalue weighted by Crippen LogP contribution is 2.34. The number of amides is 1. The number of pyridine rings is 1. The SMILES string of the molecule is CC(NC1C(=O)Nc2ccc(Cl)cc21)c1cccnc1. The maximum Gasteiger partial charge on any atom is 0.246 e. The van der Waals surface area contributed by atoms with Crippen molar-refractivity contribution < 1.29 is 4.79 Å². The zero-order chi connectivity index (χ0) is 14.1. The average molecular weight is 288 g/mol. The standard InChI is InChI=1S/C15H14ClN3O/c1-9(10-3-2-6-17-8-10)18-14-12-7-11(16)4-5-13(12)19-15(14)20/h2-9,14,18H,1H3,(H,19,20). The van der Waals surface area contributed by atoms with E-state index in [9.17, 15) is 4.79 Å². The summed E-state index contributed by atoms with van der Waals surface area (Å²) < 4.78 is 0. The first-order valence-corrected chi connectivity index (χ1v) is 6.79. The molecule has 3 rings (SSSR count). The van der Waals surface area contributed by atoms with E-state index >= 15 is 0 Å².